The van der Waals surface area contributed by atoms with Crippen LogP contribution < -0.4 is 10.2 Å². The predicted molar refractivity (Wildman–Crippen MR) is 96.5 cm³/mol. The number of aryl methyl sites for hydroxylation is 1. The van der Waals surface area contributed by atoms with E-state index in [2.05, 4.69) is 10.2 Å². The van der Waals surface area contributed by atoms with E-state index in [0.717, 1.165) is 50.5 Å². The second kappa shape index (κ2) is 8.45. The van der Waals surface area contributed by atoms with Gasteiger partial charge in [0.25, 0.3) is 0 Å². The van der Waals surface area contributed by atoms with E-state index in [0.29, 0.717) is 19.5 Å². The molecule has 6 heteroatoms. The maximum atomic E-state index is 12.3. The largest absolute Gasteiger partial charge is 0.379 e. The van der Waals surface area contributed by atoms with Gasteiger partial charge in [-0.2, -0.15) is 0 Å². The van der Waals surface area contributed by atoms with E-state index >= 15 is 0 Å². The van der Waals surface area contributed by atoms with Crippen LogP contribution in [0.1, 0.15) is 18.4 Å². The number of hydrogen-bond donors (Lipinski definition) is 1. The first-order chi connectivity index (χ1) is 12.1. The van der Waals surface area contributed by atoms with Crippen LogP contribution in [0.5, 0.6) is 0 Å². The Hall–Kier alpha value is -1.92. The average molecular weight is 345 g/mol. The topological polar surface area (TPSA) is 61.9 Å². The predicted octanol–water partition coefficient (Wildman–Crippen LogP) is 1.19. The molecule has 0 radical (unpaired) electrons. The van der Waals surface area contributed by atoms with Gasteiger partial charge in [0.05, 0.1) is 19.1 Å². The van der Waals surface area contributed by atoms with Crippen molar-refractivity contribution in [3.8, 4) is 0 Å². The summed E-state index contributed by atoms with van der Waals surface area (Å²) in [5.41, 5.74) is 2.03. The lowest BCUT2D eigenvalue weighted by atomic mass is 10.1. The molecule has 1 atom stereocenters. The van der Waals surface area contributed by atoms with Crippen LogP contribution in [-0.4, -0.2) is 62.7 Å². The molecule has 25 heavy (non-hydrogen) atoms. The number of nitrogens with zero attached hydrogens (tertiary/aromatic N) is 2. The molecule has 6 nitrogen and oxygen atoms in total. The van der Waals surface area contributed by atoms with Crippen molar-refractivity contribution in [3.05, 3.63) is 29.8 Å². The van der Waals surface area contributed by atoms with Crippen LogP contribution in [0.4, 0.5) is 5.69 Å². The molecular weight excluding hydrogens is 318 g/mol. The van der Waals surface area contributed by atoms with Crippen molar-refractivity contribution in [1.29, 1.82) is 0 Å². The number of ether oxygens (including phenoxy) is 1. The molecule has 1 N–H and O–H groups in total. The number of benzene rings is 1. The maximum Gasteiger partial charge on any atom is 0.227 e. The van der Waals surface area contributed by atoms with Crippen LogP contribution in [-0.2, 0) is 14.3 Å². The third-order valence-electron chi connectivity index (χ3n) is 4.90. The van der Waals surface area contributed by atoms with Crippen molar-refractivity contribution in [2.75, 3.05) is 50.8 Å². The van der Waals surface area contributed by atoms with E-state index in [4.69, 9.17) is 4.74 Å². The molecule has 2 amide bonds. The zero-order valence-electron chi connectivity index (χ0n) is 14.9. The standard InChI is InChI=1S/C19H27N3O3/c1-15-3-5-17(6-4-15)22-14-16(13-18(22)23)19(24)20-7-2-8-21-9-11-25-12-10-21/h3-6,16H,2,7-14H2,1H3,(H,20,24)/t16-/m0/s1. The molecule has 2 aliphatic heterocycles. The number of carbonyl (C=O) groups is 2. The Labute approximate surface area is 149 Å². The lowest BCUT2D eigenvalue weighted by Gasteiger charge is -2.26. The number of amides is 2. The van der Waals surface area contributed by atoms with Gasteiger partial charge in [0, 0.05) is 38.3 Å². The van der Waals surface area contributed by atoms with E-state index in [9.17, 15) is 9.59 Å². The smallest absolute Gasteiger partial charge is 0.227 e. The minimum atomic E-state index is -0.253. The van der Waals surface area contributed by atoms with Gasteiger partial charge in [0.15, 0.2) is 0 Å². The highest BCUT2D eigenvalue weighted by Gasteiger charge is 2.34. The van der Waals surface area contributed by atoms with E-state index < -0.39 is 0 Å². The summed E-state index contributed by atoms with van der Waals surface area (Å²) in [5.74, 6) is -0.237. The summed E-state index contributed by atoms with van der Waals surface area (Å²) < 4.78 is 5.33. The van der Waals surface area contributed by atoms with Crippen molar-refractivity contribution >= 4 is 17.5 Å². The molecule has 2 heterocycles. The summed E-state index contributed by atoms with van der Waals surface area (Å²) in [6.45, 7) is 7.65. The Morgan fingerprint density at radius 1 is 1.24 bits per heavy atom. The molecule has 1 aromatic rings. The minimum Gasteiger partial charge on any atom is -0.379 e. The van der Waals surface area contributed by atoms with Crippen LogP contribution in [0.15, 0.2) is 24.3 Å². The molecule has 0 bridgehead atoms. The molecule has 0 saturated carbocycles. The Balaban J connectivity index is 1.42. The van der Waals surface area contributed by atoms with Gasteiger partial charge < -0.3 is 15.0 Å². The summed E-state index contributed by atoms with van der Waals surface area (Å²) in [6, 6.07) is 7.86. The minimum absolute atomic E-state index is 0.00932. The number of anilines is 1. The van der Waals surface area contributed by atoms with Crippen LogP contribution in [0.2, 0.25) is 0 Å². The lowest BCUT2D eigenvalue weighted by Crippen LogP contribution is -2.39. The number of hydrogen-bond acceptors (Lipinski definition) is 4. The van der Waals surface area contributed by atoms with Gasteiger partial charge in [-0.15, -0.1) is 0 Å². The zero-order chi connectivity index (χ0) is 17.6. The SMILES string of the molecule is Cc1ccc(N2C[C@@H](C(=O)NCCCN3CCOCC3)CC2=O)cc1. The third-order valence-corrected chi connectivity index (χ3v) is 4.90. The molecule has 2 saturated heterocycles. The normalized spacial score (nSPS) is 21.6. The number of morpholine rings is 1. The molecule has 0 unspecified atom stereocenters. The van der Waals surface area contributed by atoms with Crippen molar-refractivity contribution in [3.63, 3.8) is 0 Å². The van der Waals surface area contributed by atoms with Gasteiger partial charge in [0.1, 0.15) is 0 Å². The van der Waals surface area contributed by atoms with Crippen LogP contribution in [0, 0.1) is 12.8 Å². The molecule has 136 valence electrons. The molecule has 1 aromatic carbocycles. The Morgan fingerprint density at radius 3 is 2.68 bits per heavy atom. The van der Waals surface area contributed by atoms with E-state index in [1.807, 2.05) is 31.2 Å². The van der Waals surface area contributed by atoms with Crippen LogP contribution in [0.25, 0.3) is 0 Å². The Bertz CT molecular complexity index is 596. The summed E-state index contributed by atoms with van der Waals surface area (Å²) in [4.78, 5) is 28.7. The third kappa shape index (κ3) is 4.80. The first-order valence-corrected chi connectivity index (χ1v) is 9.08. The monoisotopic (exact) mass is 345 g/mol. The summed E-state index contributed by atoms with van der Waals surface area (Å²) in [6.07, 6.45) is 1.22. The molecule has 3 rings (SSSR count). The summed E-state index contributed by atoms with van der Waals surface area (Å²) >= 11 is 0. The van der Waals surface area contributed by atoms with Gasteiger partial charge in [-0.05, 0) is 32.0 Å². The quantitative estimate of drug-likeness (QED) is 0.787. The van der Waals surface area contributed by atoms with Gasteiger partial charge in [-0.1, -0.05) is 17.7 Å². The summed E-state index contributed by atoms with van der Waals surface area (Å²) in [7, 11) is 0. The highest BCUT2D eigenvalue weighted by atomic mass is 16.5. The lowest BCUT2D eigenvalue weighted by molar-refractivity contribution is -0.126. The number of nitrogens with one attached hydrogen (secondary N) is 1. The van der Waals surface area contributed by atoms with Crippen molar-refractivity contribution in [1.82, 2.24) is 10.2 Å². The molecule has 0 spiro atoms. The Kier molecular flexibility index (Phi) is 6.04. The average Bonchev–Trinajstić information content (AvgIpc) is 3.02. The molecule has 2 fully saturated rings. The zero-order valence-corrected chi connectivity index (χ0v) is 14.9. The van der Waals surface area contributed by atoms with E-state index in [1.54, 1.807) is 4.90 Å². The second-order valence-corrected chi connectivity index (χ2v) is 6.84. The first-order valence-electron chi connectivity index (χ1n) is 9.08. The Morgan fingerprint density at radius 2 is 1.96 bits per heavy atom. The highest BCUT2D eigenvalue weighted by molar-refractivity contribution is 6.00. The number of rotatable bonds is 6. The maximum absolute atomic E-state index is 12.3. The second-order valence-electron chi connectivity index (χ2n) is 6.84. The fraction of sp³-hybridized carbons (Fsp3) is 0.579. The van der Waals surface area contributed by atoms with E-state index in [1.165, 1.54) is 0 Å². The van der Waals surface area contributed by atoms with Gasteiger partial charge in [-0.3, -0.25) is 14.5 Å². The van der Waals surface area contributed by atoms with Gasteiger partial charge >= 0.3 is 0 Å². The van der Waals surface area contributed by atoms with Crippen LogP contribution in [0.3, 0.4) is 0 Å². The number of carbonyl (C=O) groups excluding carboxylic acids is 2. The van der Waals surface area contributed by atoms with Gasteiger partial charge in [-0.25, -0.2) is 0 Å². The molecular formula is C19H27N3O3. The first kappa shape index (κ1) is 17.9. The van der Waals surface area contributed by atoms with Crippen molar-refractivity contribution in [2.24, 2.45) is 5.92 Å². The fourth-order valence-corrected chi connectivity index (χ4v) is 3.34. The van der Waals surface area contributed by atoms with E-state index in [-0.39, 0.29) is 17.7 Å². The van der Waals surface area contributed by atoms with Crippen LogP contribution >= 0.6 is 0 Å². The molecule has 0 aliphatic carbocycles. The highest BCUT2D eigenvalue weighted by Crippen LogP contribution is 2.25. The van der Waals surface area contributed by atoms with Crippen molar-refractivity contribution in [2.45, 2.75) is 19.8 Å². The van der Waals surface area contributed by atoms with Gasteiger partial charge in [0.2, 0.25) is 11.8 Å². The van der Waals surface area contributed by atoms with Crippen molar-refractivity contribution < 1.29 is 14.3 Å². The molecule has 0 aromatic heterocycles. The molecule has 2 aliphatic rings. The fourth-order valence-electron chi connectivity index (χ4n) is 3.34. The summed E-state index contributed by atoms with van der Waals surface area (Å²) in [5, 5.41) is 2.99.